The van der Waals surface area contributed by atoms with Gasteiger partial charge in [0.05, 0.1) is 13.2 Å². The van der Waals surface area contributed by atoms with Crippen molar-refractivity contribution in [3.05, 3.63) is 35.3 Å². The molecule has 2 aliphatic heterocycles. The summed E-state index contributed by atoms with van der Waals surface area (Å²) < 4.78 is 10.8. The molecule has 31 heavy (non-hydrogen) atoms. The Hall–Kier alpha value is -2.65. The van der Waals surface area contributed by atoms with E-state index in [-0.39, 0.29) is 17.9 Å². The van der Waals surface area contributed by atoms with Crippen LogP contribution in [0.2, 0.25) is 0 Å². The number of hydrogen-bond donors (Lipinski definition) is 2. The molecule has 0 radical (unpaired) electrons. The van der Waals surface area contributed by atoms with E-state index in [2.05, 4.69) is 15.6 Å². The van der Waals surface area contributed by atoms with Gasteiger partial charge in [-0.2, -0.15) is 0 Å². The second-order valence-electron chi connectivity index (χ2n) is 7.79. The monoisotopic (exact) mass is 444 g/mol. The number of amides is 2. The van der Waals surface area contributed by atoms with Gasteiger partial charge in [-0.3, -0.25) is 9.59 Å². The van der Waals surface area contributed by atoms with Gasteiger partial charge in [0.1, 0.15) is 17.5 Å². The van der Waals surface area contributed by atoms with Gasteiger partial charge in [-0.25, -0.2) is 4.98 Å². The molecule has 9 heteroatoms. The number of carbonyl (C=O) groups excluding carboxylic acids is 2. The number of hydrogen-bond acceptors (Lipinski definition) is 7. The minimum Gasteiger partial charge on any atom is -0.497 e. The first-order valence-corrected chi connectivity index (χ1v) is 11.6. The van der Waals surface area contributed by atoms with Gasteiger partial charge in [0.2, 0.25) is 5.91 Å². The molecule has 2 N–H and O–H groups in total. The van der Waals surface area contributed by atoms with Crippen molar-refractivity contribution in [2.75, 3.05) is 32.1 Å². The van der Waals surface area contributed by atoms with Crippen LogP contribution in [0.5, 0.6) is 5.75 Å². The minimum atomic E-state index is -0.459. The molecule has 2 aromatic rings. The van der Waals surface area contributed by atoms with Crippen LogP contribution in [0.1, 0.15) is 42.6 Å². The fourth-order valence-corrected chi connectivity index (χ4v) is 4.69. The fourth-order valence-electron chi connectivity index (χ4n) is 3.99. The standard InChI is InChI=1S/C22H28N4O4S/c1-29-16-7-4-6-15(12-16)24-22-25-18(14-31-22)21(28)26-10-3-2-9-19(26)20(27)23-13-17-8-5-11-30-17/h4,6-7,12,14,17,19H,2-3,5,8-11,13H2,1H3,(H,23,27)(H,24,25). The quantitative estimate of drug-likeness (QED) is 0.681. The third kappa shape index (κ3) is 5.34. The summed E-state index contributed by atoms with van der Waals surface area (Å²) >= 11 is 1.36. The molecule has 166 valence electrons. The molecule has 4 rings (SSSR count). The Morgan fingerprint density at radius 2 is 2.19 bits per heavy atom. The first kappa shape index (κ1) is 21.6. The molecule has 0 spiro atoms. The number of methoxy groups -OCH3 is 1. The predicted octanol–water partition coefficient (Wildman–Crippen LogP) is 3.19. The lowest BCUT2D eigenvalue weighted by Crippen LogP contribution is -2.52. The number of ether oxygens (including phenoxy) is 2. The maximum absolute atomic E-state index is 13.2. The number of anilines is 2. The maximum atomic E-state index is 13.2. The molecule has 3 heterocycles. The summed E-state index contributed by atoms with van der Waals surface area (Å²) in [7, 11) is 1.62. The summed E-state index contributed by atoms with van der Waals surface area (Å²) in [6.45, 7) is 1.82. The molecule has 2 amide bonds. The van der Waals surface area contributed by atoms with E-state index in [0.717, 1.165) is 43.7 Å². The zero-order chi connectivity index (χ0) is 21.6. The Labute approximate surface area is 185 Å². The largest absolute Gasteiger partial charge is 0.497 e. The summed E-state index contributed by atoms with van der Waals surface area (Å²) in [5.41, 5.74) is 1.19. The van der Waals surface area contributed by atoms with Crippen LogP contribution in [-0.2, 0) is 9.53 Å². The molecule has 2 aliphatic rings. The third-order valence-electron chi connectivity index (χ3n) is 5.64. The van der Waals surface area contributed by atoms with Crippen LogP contribution in [0.3, 0.4) is 0 Å². The van der Waals surface area contributed by atoms with E-state index in [9.17, 15) is 9.59 Å². The van der Waals surface area contributed by atoms with E-state index in [1.54, 1.807) is 17.4 Å². The Morgan fingerprint density at radius 1 is 1.29 bits per heavy atom. The smallest absolute Gasteiger partial charge is 0.274 e. The molecule has 1 aromatic heterocycles. The summed E-state index contributed by atoms with van der Waals surface area (Å²) in [4.78, 5) is 32.1. The Morgan fingerprint density at radius 3 is 3.00 bits per heavy atom. The average Bonchev–Trinajstić information content (AvgIpc) is 3.49. The van der Waals surface area contributed by atoms with E-state index in [1.165, 1.54) is 11.3 Å². The molecule has 2 unspecified atom stereocenters. The number of benzene rings is 1. The molecule has 2 atom stereocenters. The molecule has 0 bridgehead atoms. The second-order valence-corrected chi connectivity index (χ2v) is 8.64. The Balaban J connectivity index is 1.40. The lowest BCUT2D eigenvalue weighted by Gasteiger charge is -2.34. The molecular formula is C22H28N4O4S. The van der Waals surface area contributed by atoms with Gasteiger partial charge in [-0.05, 0) is 44.2 Å². The molecule has 0 saturated carbocycles. The van der Waals surface area contributed by atoms with Crippen molar-refractivity contribution in [3.8, 4) is 5.75 Å². The predicted molar refractivity (Wildman–Crippen MR) is 119 cm³/mol. The number of nitrogens with zero attached hydrogens (tertiary/aromatic N) is 2. The number of rotatable bonds is 7. The third-order valence-corrected chi connectivity index (χ3v) is 6.40. The van der Waals surface area contributed by atoms with Gasteiger partial charge in [-0.15, -0.1) is 11.3 Å². The number of thiazole rings is 1. The van der Waals surface area contributed by atoms with Crippen molar-refractivity contribution in [1.29, 1.82) is 0 Å². The van der Waals surface area contributed by atoms with Gasteiger partial charge in [-0.1, -0.05) is 6.07 Å². The molecule has 0 aliphatic carbocycles. The highest BCUT2D eigenvalue weighted by atomic mass is 32.1. The number of likely N-dealkylation sites (tertiary alicyclic amines) is 1. The van der Waals surface area contributed by atoms with Crippen molar-refractivity contribution in [1.82, 2.24) is 15.2 Å². The average molecular weight is 445 g/mol. The van der Waals surface area contributed by atoms with Gasteiger partial charge in [0, 0.05) is 36.8 Å². The molecule has 2 fully saturated rings. The van der Waals surface area contributed by atoms with E-state index in [0.29, 0.717) is 30.3 Å². The zero-order valence-corrected chi connectivity index (χ0v) is 18.5. The molecular weight excluding hydrogens is 416 g/mol. The SMILES string of the molecule is COc1cccc(Nc2nc(C(=O)N3CCCCC3C(=O)NCC3CCCO3)cs2)c1. The number of nitrogens with one attached hydrogen (secondary N) is 2. The van der Waals surface area contributed by atoms with Gasteiger partial charge < -0.3 is 25.0 Å². The summed E-state index contributed by atoms with van der Waals surface area (Å²) in [5, 5.41) is 8.54. The topological polar surface area (TPSA) is 92.8 Å². The van der Waals surface area contributed by atoms with Crippen LogP contribution in [-0.4, -0.2) is 60.7 Å². The normalized spacial score (nSPS) is 21.0. The van der Waals surface area contributed by atoms with E-state index in [4.69, 9.17) is 9.47 Å². The molecule has 8 nitrogen and oxygen atoms in total. The number of carbonyl (C=O) groups is 2. The lowest BCUT2D eigenvalue weighted by molar-refractivity contribution is -0.127. The first-order chi connectivity index (χ1) is 15.1. The highest BCUT2D eigenvalue weighted by Gasteiger charge is 2.34. The van der Waals surface area contributed by atoms with Crippen molar-refractivity contribution < 1.29 is 19.1 Å². The van der Waals surface area contributed by atoms with E-state index < -0.39 is 6.04 Å². The minimum absolute atomic E-state index is 0.0838. The van der Waals surface area contributed by atoms with Crippen molar-refractivity contribution >= 4 is 34.0 Å². The molecule has 1 aromatic carbocycles. The maximum Gasteiger partial charge on any atom is 0.274 e. The lowest BCUT2D eigenvalue weighted by atomic mass is 10.0. The van der Waals surface area contributed by atoms with Gasteiger partial charge >= 0.3 is 0 Å². The highest BCUT2D eigenvalue weighted by Crippen LogP contribution is 2.26. The van der Waals surface area contributed by atoms with Crippen LogP contribution in [0.4, 0.5) is 10.8 Å². The summed E-state index contributed by atoms with van der Waals surface area (Å²) in [6.07, 6.45) is 4.57. The zero-order valence-electron chi connectivity index (χ0n) is 17.6. The first-order valence-electron chi connectivity index (χ1n) is 10.7. The van der Waals surface area contributed by atoms with Gasteiger partial charge in [0.15, 0.2) is 5.13 Å². The van der Waals surface area contributed by atoms with Gasteiger partial charge in [0.25, 0.3) is 5.91 Å². The number of aromatic nitrogens is 1. The second kappa shape index (κ2) is 10.1. The number of piperidine rings is 1. The van der Waals surface area contributed by atoms with E-state index >= 15 is 0 Å². The van der Waals surface area contributed by atoms with E-state index in [1.807, 2.05) is 24.3 Å². The fraction of sp³-hybridized carbons (Fsp3) is 0.500. The van der Waals surface area contributed by atoms with Crippen LogP contribution in [0.25, 0.3) is 0 Å². The Bertz CT molecular complexity index is 912. The highest BCUT2D eigenvalue weighted by molar-refractivity contribution is 7.14. The molecule has 2 saturated heterocycles. The van der Waals surface area contributed by atoms with Crippen LogP contribution in [0, 0.1) is 0 Å². The van der Waals surface area contributed by atoms with Crippen molar-refractivity contribution in [2.24, 2.45) is 0 Å². The van der Waals surface area contributed by atoms with Crippen LogP contribution < -0.4 is 15.4 Å². The van der Waals surface area contributed by atoms with Crippen molar-refractivity contribution in [2.45, 2.75) is 44.2 Å². The van der Waals surface area contributed by atoms with Crippen LogP contribution in [0.15, 0.2) is 29.6 Å². The Kier molecular flexibility index (Phi) is 7.03. The van der Waals surface area contributed by atoms with Crippen molar-refractivity contribution in [3.63, 3.8) is 0 Å². The summed E-state index contributed by atoms with van der Waals surface area (Å²) in [5.74, 6) is 0.434. The van der Waals surface area contributed by atoms with Crippen LogP contribution >= 0.6 is 11.3 Å². The summed E-state index contributed by atoms with van der Waals surface area (Å²) in [6, 6.07) is 7.06.